The van der Waals surface area contributed by atoms with E-state index in [0.29, 0.717) is 16.3 Å². The first-order valence-corrected chi connectivity index (χ1v) is 7.55. The third-order valence-electron chi connectivity index (χ3n) is 3.50. The lowest BCUT2D eigenvalue weighted by atomic mass is 10.0. The monoisotopic (exact) mass is 334 g/mol. The molecule has 2 rings (SSSR count). The predicted molar refractivity (Wildman–Crippen MR) is 90.9 cm³/mol. The molecule has 0 saturated heterocycles. The smallest absolute Gasteiger partial charge is 0.319 e. The summed E-state index contributed by atoms with van der Waals surface area (Å²) in [5.74, 6) is 0.121. The van der Waals surface area contributed by atoms with Gasteiger partial charge in [-0.1, -0.05) is 29.8 Å². The summed E-state index contributed by atoms with van der Waals surface area (Å²) in [5.41, 5.74) is 2.10. The maximum atomic E-state index is 12.0. The van der Waals surface area contributed by atoms with Gasteiger partial charge in [0, 0.05) is 10.7 Å². The van der Waals surface area contributed by atoms with Gasteiger partial charge in [-0.3, -0.25) is 0 Å². The predicted octanol–water partition coefficient (Wildman–Crippen LogP) is 3.60. The van der Waals surface area contributed by atoms with Gasteiger partial charge in [-0.15, -0.1) is 0 Å². The van der Waals surface area contributed by atoms with Gasteiger partial charge in [-0.25, -0.2) is 4.79 Å². The number of phenols is 1. The number of amides is 2. The van der Waals surface area contributed by atoms with Crippen LogP contribution in [0.4, 0.5) is 10.5 Å². The van der Waals surface area contributed by atoms with Crippen LogP contribution >= 0.6 is 11.6 Å². The molecule has 0 heterocycles. The minimum atomic E-state index is -0.886. The molecule has 4 N–H and O–H groups in total. The molecule has 23 heavy (non-hydrogen) atoms. The van der Waals surface area contributed by atoms with Gasteiger partial charge in [0.25, 0.3) is 0 Å². The number of aliphatic hydroxyl groups excluding tert-OH is 1. The van der Waals surface area contributed by atoms with Crippen LogP contribution in [-0.4, -0.2) is 22.3 Å². The maximum Gasteiger partial charge on any atom is 0.319 e. The first kappa shape index (κ1) is 17.1. The molecular formula is C17H19ClN2O3. The van der Waals surface area contributed by atoms with Gasteiger partial charge in [0.2, 0.25) is 0 Å². The largest absolute Gasteiger partial charge is 0.508 e. The number of aromatic hydroxyl groups is 1. The highest BCUT2D eigenvalue weighted by Gasteiger charge is 2.18. The molecule has 0 saturated carbocycles. The molecule has 0 aromatic heterocycles. The minimum absolute atomic E-state index is 0.121. The molecule has 0 spiro atoms. The van der Waals surface area contributed by atoms with Gasteiger partial charge in [0.15, 0.2) is 0 Å². The third kappa shape index (κ3) is 4.61. The van der Waals surface area contributed by atoms with Crippen LogP contribution in [0.15, 0.2) is 42.5 Å². The number of rotatable bonds is 4. The SMILES string of the molecule is Cc1ccc(NC(=O)NC(C)C(O)c2ccc(O)cc2)cc1Cl. The Labute approximate surface area is 139 Å². The molecule has 0 bridgehead atoms. The van der Waals surface area contributed by atoms with Crippen LogP contribution in [0.2, 0.25) is 5.02 Å². The van der Waals surface area contributed by atoms with Crippen molar-refractivity contribution in [3.63, 3.8) is 0 Å². The maximum absolute atomic E-state index is 12.0. The van der Waals surface area contributed by atoms with Crippen molar-refractivity contribution in [2.75, 3.05) is 5.32 Å². The van der Waals surface area contributed by atoms with Crippen molar-refractivity contribution >= 4 is 23.3 Å². The molecular weight excluding hydrogens is 316 g/mol. The van der Waals surface area contributed by atoms with Crippen LogP contribution in [0.25, 0.3) is 0 Å². The zero-order valence-corrected chi connectivity index (χ0v) is 13.6. The van der Waals surface area contributed by atoms with E-state index in [1.54, 1.807) is 31.2 Å². The summed E-state index contributed by atoms with van der Waals surface area (Å²) in [6.45, 7) is 3.57. The van der Waals surface area contributed by atoms with E-state index >= 15 is 0 Å². The van der Waals surface area contributed by atoms with Crippen LogP contribution < -0.4 is 10.6 Å². The Morgan fingerprint density at radius 3 is 2.43 bits per heavy atom. The van der Waals surface area contributed by atoms with E-state index in [-0.39, 0.29) is 5.75 Å². The summed E-state index contributed by atoms with van der Waals surface area (Å²) in [4.78, 5) is 12.0. The Kier molecular flexibility index (Phi) is 5.47. The average molecular weight is 335 g/mol. The van der Waals surface area contributed by atoms with Crippen molar-refractivity contribution < 1.29 is 15.0 Å². The van der Waals surface area contributed by atoms with E-state index in [2.05, 4.69) is 10.6 Å². The molecule has 0 aliphatic rings. The van der Waals surface area contributed by atoms with Crippen LogP contribution in [-0.2, 0) is 0 Å². The number of nitrogens with one attached hydrogen (secondary N) is 2. The third-order valence-corrected chi connectivity index (χ3v) is 3.90. The Balaban J connectivity index is 1.95. The number of phenolic OH excluding ortho intramolecular Hbond substituents is 1. The summed E-state index contributed by atoms with van der Waals surface area (Å²) >= 11 is 6.01. The van der Waals surface area contributed by atoms with E-state index in [9.17, 15) is 15.0 Å². The van der Waals surface area contributed by atoms with Crippen molar-refractivity contribution in [1.82, 2.24) is 5.32 Å². The molecule has 5 nitrogen and oxygen atoms in total. The van der Waals surface area contributed by atoms with Crippen LogP contribution in [0, 0.1) is 6.92 Å². The second-order valence-corrected chi connectivity index (χ2v) is 5.79. The molecule has 0 radical (unpaired) electrons. The first-order valence-electron chi connectivity index (χ1n) is 7.17. The summed E-state index contributed by atoms with van der Waals surface area (Å²) < 4.78 is 0. The molecule has 6 heteroatoms. The molecule has 0 aliphatic carbocycles. The summed E-state index contributed by atoms with van der Waals surface area (Å²) in [6, 6.07) is 10.5. The van der Waals surface area contributed by atoms with Crippen LogP contribution in [0.3, 0.4) is 0 Å². The molecule has 0 fully saturated rings. The summed E-state index contributed by atoms with van der Waals surface area (Å²) in [7, 11) is 0. The lowest BCUT2D eigenvalue weighted by Crippen LogP contribution is -2.39. The van der Waals surface area contributed by atoms with E-state index in [1.807, 2.05) is 13.0 Å². The van der Waals surface area contributed by atoms with Crippen molar-refractivity contribution in [1.29, 1.82) is 0 Å². The Bertz CT molecular complexity index is 689. The normalized spacial score (nSPS) is 13.2. The lowest BCUT2D eigenvalue weighted by Gasteiger charge is -2.21. The van der Waals surface area contributed by atoms with Crippen LogP contribution in [0.1, 0.15) is 24.2 Å². The molecule has 122 valence electrons. The second kappa shape index (κ2) is 7.35. The number of carbonyl (C=O) groups excluding carboxylic acids is 1. The lowest BCUT2D eigenvalue weighted by molar-refractivity contribution is 0.139. The standard InChI is InChI=1S/C17H19ClN2O3/c1-10-3-6-13(9-15(10)18)20-17(23)19-11(2)16(22)12-4-7-14(21)8-5-12/h3-9,11,16,21-22H,1-2H3,(H2,19,20,23). The molecule has 2 unspecified atom stereocenters. The number of carbonyl (C=O) groups is 1. The first-order chi connectivity index (χ1) is 10.9. The Hall–Kier alpha value is -2.24. The Morgan fingerprint density at radius 2 is 1.83 bits per heavy atom. The topological polar surface area (TPSA) is 81.6 Å². The highest BCUT2D eigenvalue weighted by atomic mass is 35.5. The number of aliphatic hydroxyl groups is 1. The molecule has 2 aromatic rings. The van der Waals surface area contributed by atoms with E-state index < -0.39 is 18.2 Å². The zero-order valence-electron chi connectivity index (χ0n) is 12.9. The number of urea groups is 1. The number of benzene rings is 2. The molecule has 2 amide bonds. The summed E-state index contributed by atoms with van der Waals surface area (Å²) in [6.07, 6.45) is -0.886. The van der Waals surface area contributed by atoms with E-state index in [1.165, 1.54) is 12.1 Å². The quantitative estimate of drug-likeness (QED) is 0.689. The molecule has 2 atom stereocenters. The van der Waals surface area contributed by atoms with Crippen molar-refractivity contribution in [2.24, 2.45) is 0 Å². The highest BCUT2D eigenvalue weighted by molar-refractivity contribution is 6.31. The van der Waals surface area contributed by atoms with Gasteiger partial charge >= 0.3 is 6.03 Å². The Morgan fingerprint density at radius 1 is 1.17 bits per heavy atom. The van der Waals surface area contributed by atoms with Crippen LogP contribution in [0.5, 0.6) is 5.75 Å². The fourth-order valence-corrected chi connectivity index (χ4v) is 2.26. The number of hydrogen-bond donors (Lipinski definition) is 4. The van der Waals surface area contributed by atoms with Gasteiger partial charge in [0.05, 0.1) is 12.1 Å². The minimum Gasteiger partial charge on any atom is -0.508 e. The van der Waals surface area contributed by atoms with Gasteiger partial charge in [-0.2, -0.15) is 0 Å². The number of anilines is 1. The van der Waals surface area contributed by atoms with Crippen molar-refractivity contribution in [3.8, 4) is 5.75 Å². The number of hydrogen-bond acceptors (Lipinski definition) is 3. The van der Waals surface area contributed by atoms with Gasteiger partial charge in [0.1, 0.15) is 5.75 Å². The number of halogens is 1. The fraction of sp³-hybridized carbons (Fsp3) is 0.235. The zero-order chi connectivity index (χ0) is 17.0. The molecule has 2 aromatic carbocycles. The highest BCUT2D eigenvalue weighted by Crippen LogP contribution is 2.21. The average Bonchev–Trinajstić information content (AvgIpc) is 2.51. The summed E-state index contributed by atoms with van der Waals surface area (Å²) in [5, 5.41) is 25.4. The van der Waals surface area contributed by atoms with Gasteiger partial charge in [-0.05, 0) is 49.2 Å². The fourth-order valence-electron chi connectivity index (χ4n) is 2.08. The van der Waals surface area contributed by atoms with Crippen molar-refractivity contribution in [3.05, 3.63) is 58.6 Å². The molecule has 0 aliphatic heterocycles. The van der Waals surface area contributed by atoms with E-state index in [4.69, 9.17) is 11.6 Å². The second-order valence-electron chi connectivity index (χ2n) is 5.39. The van der Waals surface area contributed by atoms with Gasteiger partial charge < -0.3 is 20.8 Å². The van der Waals surface area contributed by atoms with Crippen molar-refractivity contribution in [2.45, 2.75) is 26.0 Å². The van der Waals surface area contributed by atoms with E-state index in [0.717, 1.165) is 5.56 Å². The number of aryl methyl sites for hydroxylation is 1.